The molecule has 202 valence electrons. The number of carbonyl (C=O) groups excluding carboxylic acids is 1. The molecule has 3 aliphatic rings. The van der Waals surface area contributed by atoms with Gasteiger partial charge in [-0.1, -0.05) is 41.8 Å². The summed E-state index contributed by atoms with van der Waals surface area (Å²) in [6.07, 6.45) is 2.39. The van der Waals surface area contributed by atoms with Crippen molar-refractivity contribution in [2.45, 2.75) is 38.8 Å². The summed E-state index contributed by atoms with van der Waals surface area (Å²) in [6.45, 7) is 2.06. The van der Waals surface area contributed by atoms with Crippen molar-refractivity contribution in [1.29, 1.82) is 0 Å². The highest BCUT2D eigenvalue weighted by atomic mass is 35.5. The van der Waals surface area contributed by atoms with Crippen molar-refractivity contribution in [3.05, 3.63) is 94.0 Å². The quantitative estimate of drug-likeness (QED) is 0.265. The topological polar surface area (TPSA) is 46.9 Å². The highest BCUT2D eigenvalue weighted by molar-refractivity contribution is 6.30. The minimum Gasteiger partial charge on any atom is -0.326 e. The van der Waals surface area contributed by atoms with E-state index in [1.807, 2.05) is 0 Å². The van der Waals surface area contributed by atoms with Gasteiger partial charge in [-0.05, 0) is 85.7 Å². The van der Waals surface area contributed by atoms with Crippen molar-refractivity contribution in [2.24, 2.45) is 23.2 Å². The lowest BCUT2D eigenvalue weighted by Crippen LogP contribution is -2.49. The molecule has 3 aromatic rings. The Kier molecular flexibility index (Phi) is 6.21. The highest BCUT2D eigenvalue weighted by Gasteiger charge is 2.56. The summed E-state index contributed by atoms with van der Waals surface area (Å²) in [5.41, 5.74) is 4.46. The van der Waals surface area contributed by atoms with Gasteiger partial charge in [0.15, 0.2) is 0 Å². The lowest BCUT2D eigenvalue weighted by molar-refractivity contribution is -0.196. The molecule has 3 aliphatic carbocycles. The number of fused-ring (bicyclic) bond motifs is 4. The van der Waals surface area contributed by atoms with Gasteiger partial charge in [-0.2, -0.15) is 18.3 Å². The Morgan fingerprint density at radius 1 is 1.18 bits per heavy atom. The normalized spacial score (nSPS) is 26.1. The van der Waals surface area contributed by atoms with Crippen molar-refractivity contribution >= 4 is 29.3 Å². The number of halogens is 5. The van der Waals surface area contributed by atoms with Gasteiger partial charge in [-0.3, -0.25) is 4.79 Å². The average molecular weight is 556 g/mol. The Balaban J connectivity index is 1.35. The molecule has 2 aromatic carbocycles. The average Bonchev–Trinajstić information content (AvgIpc) is 3.28. The van der Waals surface area contributed by atoms with Crippen molar-refractivity contribution in [3.63, 3.8) is 0 Å². The molecule has 4 nitrogen and oxygen atoms in total. The van der Waals surface area contributed by atoms with E-state index in [4.69, 9.17) is 11.6 Å². The Hall–Kier alpha value is -3.39. The first-order valence-electron chi connectivity index (χ1n) is 12.9. The Morgan fingerprint density at radius 3 is 2.67 bits per heavy atom. The number of aromatic nitrogens is 2. The van der Waals surface area contributed by atoms with Gasteiger partial charge < -0.3 is 5.32 Å². The number of allylic oxidation sites excluding steroid dienone is 3. The van der Waals surface area contributed by atoms with Gasteiger partial charge in [0.05, 0.1) is 29.4 Å². The first-order chi connectivity index (χ1) is 18.5. The van der Waals surface area contributed by atoms with Crippen LogP contribution in [-0.4, -0.2) is 21.9 Å². The molecule has 0 aliphatic heterocycles. The smallest absolute Gasteiger partial charge is 0.326 e. The van der Waals surface area contributed by atoms with E-state index in [1.54, 1.807) is 47.3 Å². The third-order valence-electron chi connectivity index (χ3n) is 8.56. The zero-order chi connectivity index (χ0) is 27.5. The summed E-state index contributed by atoms with van der Waals surface area (Å²) in [5, 5.41) is 7.64. The lowest BCUT2D eigenvalue weighted by Gasteiger charge is -2.50. The summed E-state index contributed by atoms with van der Waals surface area (Å²) >= 11 is 6.04. The third kappa shape index (κ3) is 4.48. The van der Waals surface area contributed by atoms with Crippen LogP contribution < -0.4 is 5.32 Å². The van der Waals surface area contributed by atoms with Crippen LogP contribution in [0.5, 0.6) is 0 Å². The first-order valence-corrected chi connectivity index (χ1v) is 13.3. The molecule has 9 heteroatoms. The van der Waals surface area contributed by atoms with Crippen LogP contribution in [-0.2, 0) is 11.2 Å². The van der Waals surface area contributed by atoms with E-state index in [0.717, 1.165) is 28.1 Å². The predicted molar refractivity (Wildman–Crippen MR) is 142 cm³/mol. The fourth-order valence-corrected chi connectivity index (χ4v) is 6.92. The molecule has 6 rings (SSSR count). The third-order valence-corrected chi connectivity index (χ3v) is 8.79. The molecule has 1 heterocycles. The second kappa shape index (κ2) is 9.37. The van der Waals surface area contributed by atoms with E-state index in [0.29, 0.717) is 30.0 Å². The molecule has 1 N–H and O–H groups in total. The van der Waals surface area contributed by atoms with Crippen molar-refractivity contribution in [1.82, 2.24) is 9.78 Å². The second-order valence-electron chi connectivity index (χ2n) is 10.8. The van der Waals surface area contributed by atoms with Gasteiger partial charge in [0.2, 0.25) is 5.91 Å². The maximum absolute atomic E-state index is 14.3. The number of amides is 1. The van der Waals surface area contributed by atoms with Gasteiger partial charge in [0.25, 0.3) is 0 Å². The van der Waals surface area contributed by atoms with Crippen molar-refractivity contribution in [2.75, 3.05) is 5.32 Å². The fourth-order valence-electron chi connectivity index (χ4n) is 6.72. The van der Waals surface area contributed by atoms with Crippen LogP contribution in [0, 0.1) is 29.0 Å². The molecule has 0 saturated heterocycles. The minimum absolute atomic E-state index is 0.243. The number of nitrogens with one attached hydrogen (secondary N) is 1. The Bertz CT molecular complexity index is 1510. The minimum atomic E-state index is -4.51. The van der Waals surface area contributed by atoms with E-state index in [-0.39, 0.29) is 12.2 Å². The van der Waals surface area contributed by atoms with E-state index >= 15 is 0 Å². The number of nitrogens with zero attached hydrogens (tertiary/aromatic N) is 2. The summed E-state index contributed by atoms with van der Waals surface area (Å²) in [7, 11) is 0. The number of hydrogen-bond acceptors (Lipinski definition) is 2. The van der Waals surface area contributed by atoms with Crippen LogP contribution in [0.2, 0.25) is 5.02 Å². The van der Waals surface area contributed by atoms with Crippen LogP contribution in [0.4, 0.5) is 23.2 Å². The zero-order valence-electron chi connectivity index (χ0n) is 21.1. The molecule has 1 unspecified atom stereocenters. The molecule has 0 spiro atoms. The first kappa shape index (κ1) is 25.9. The summed E-state index contributed by atoms with van der Waals surface area (Å²) < 4.78 is 58.0. The number of rotatable bonds is 3. The SMILES string of the molecule is C[C@]12Cc3cnn(-c4ccc(F)cc4)c3C=C1CCC1C2=CC[C@@H](C(F)(F)F)[C@@H]1C(=O)Nc1cccc(Cl)c1. The number of hydrogen-bond donors (Lipinski definition) is 1. The summed E-state index contributed by atoms with van der Waals surface area (Å²) in [6, 6.07) is 12.5. The van der Waals surface area contributed by atoms with E-state index in [1.165, 1.54) is 18.2 Å². The zero-order valence-corrected chi connectivity index (χ0v) is 21.9. The molecular formula is C30H26ClF4N3O. The maximum Gasteiger partial charge on any atom is 0.392 e. The molecule has 1 saturated carbocycles. The predicted octanol–water partition coefficient (Wildman–Crippen LogP) is 7.78. The van der Waals surface area contributed by atoms with Crippen LogP contribution in [0.1, 0.15) is 37.4 Å². The highest BCUT2D eigenvalue weighted by Crippen LogP contribution is 2.59. The number of benzene rings is 2. The van der Waals surface area contributed by atoms with Gasteiger partial charge >= 0.3 is 6.18 Å². The molecule has 1 fully saturated rings. The molecular weight excluding hydrogens is 530 g/mol. The largest absolute Gasteiger partial charge is 0.392 e. The van der Waals surface area contributed by atoms with Gasteiger partial charge in [-0.25, -0.2) is 9.07 Å². The summed E-state index contributed by atoms with van der Waals surface area (Å²) in [4.78, 5) is 13.5. The molecule has 1 amide bonds. The molecule has 4 atom stereocenters. The molecule has 0 radical (unpaired) electrons. The molecule has 0 bridgehead atoms. The number of alkyl halides is 3. The maximum atomic E-state index is 14.3. The second-order valence-corrected chi connectivity index (χ2v) is 11.3. The van der Waals surface area contributed by atoms with Crippen LogP contribution in [0.25, 0.3) is 11.8 Å². The van der Waals surface area contributed by atoms with Gasteiger partial charge in [0.1, 0.15) is 5.82 Å². The van der Waals surface area contributed by atoms with Crippen molar-refractivity contribution in [3.8, 4) is 5.69 Å². The van der Waals surface area contributed by atoms with Crippen LogP contribution >= 0.6 is 11.6 Å². The molecule has 1 aromatic heterocycles. The van der Waals surface area contributed by atoms with Crippen LogP contribution in [0.15, 0.2) is 72.0 Å². The van der Waals surface area contributed by atoms with E-state index < -0.39 is 35.3 Å². The van der Waals surface area contributed by atoms with Crippen molar-refractivity contribution < 1.29 is 22.4 Å². The van der Waals surface area contributed by atoms with E-state index in [9.17, 15) is 22.4 Å². The Morgan fingerprint density at radius 2 is 1.95 bits per heavy atom. The number of carbonyl (C=O) groups is 1. The standard InChI is InChI=1S/C30H26ClF4N3O/c1-29-15-17-16-36-38(22-8-6-20(32)7-9-22)26(17)13-18(29)5-10-23-24(29)11-12-25(30(33,34)35)27(23)28(39)37-21-4-2-3-19(31)14-21/h2-4,6-9,11,13-14,16,23,25,27H,5,10,12,15H2,1H3,(H,37,39)/t23?,25-,27-,29+/m1/s1. The fraction of sp³-hybridized carbons (Fsp3) is 0.333. The Labute approximate surface area is 228 Å². The van der Waals surface area contributed by atoms with E-state index in [2.05, 4.69) is 23.4 Å². The lowest BCUT2D eigenvalue weighted by atomic mass is 9.54. The van der Waals surface area contributed by atoms with Crippen LogP contribution in [0.3, 0.4) is 0 Å². The summed E-state index contributed by atoms with van der Waals surface area (Å²) in [5.74, 6) is -4.52. The van der Waals surface area contributed by atoms with Gasteiger partial charge in [-0.15, -0.1) is 0 Å². The monoisotopic (exact) mass is 555 g/mol. The molecule has 39 heavy (non-hydrogen) atoms. The van der Waals surface area contributed by atoms with Gasteiger partial charge in [0, 0.05) is 16.1 Å². The number of anilines is 1.